The molecule has 1 aromatic rings. The zero-order valence-corrected chi connectivity index (χ0v) is 10.7. The molecule has 1 aliphatic heterocycles. The molecule has 0 N–H and O–H groups in total. The fraction of sp³-hybridized carbons (Fsp3) is 0.750. The highest BCUT2D eigenvalue weighted by atomic mass is 15.4. The van der Waals surface area contributed by atoms with E-state index in [1.165, 1.54) is 0 Å². The van der Waals surface area contributed by atoms with Gasteiger partial charge in [0.15, 0.2) is 0 Å². The molecule has 1 unspecified atom stereocenters. The summed E-state index contributed by atoms with van der Waals surface area (Å²) < 4.78 is 1.77. The average Bonchev–Trinajstić information content (AvgIpc) is 2.64. The Bertz CT molecular complexity index is 428. The third-order valence-corrected chi connectivity index (χ3v) is 3.67. The zero-order valence-electron chi connectivity index (χ0n) is 10.7. The summed E-state index contributed by atoms with van der Waals surface area (Å²) in [5.41, 5.74) is 1.13. The van der Waals surface area contributed by atoms with Crippen LogP contribution >= 0.6 is 0 Å². The molecule has 0 aliphatic carbocycles. The van der Waals surface area contributed by atoms with E-state index >= 15 is 0 Å². The summed E-state index contributed by atoms with van der Waals surface area (Å²) in [6, 6.07) is 2.43. The number of hydrogen-bond acceptors (Lipinski definition) is 4. The fourth-order valence-electron chi connectivity index (χ4n) is 2.59. The number of likely N-dealkylation sites (tertiary alicyclic amines) is 1. The van der Waals surface area contributed by atoms with Gasteiger partial charge in [-0.25, -0.2) is 0 Å². The van der Waals surface area contributed by atoms with Crippen LogP contribution in [0.15, 0.2) is 6.20 Å². The van der Waals surface area contributed by atoms with Crippen molar-refractivity contribution in [3.8, 4) is 6.07 Å². The van der Waals surface area contributed by atoms with Gasteiger partial charge in [-0.15, -0.1) is 5.10 Å². The summed E-state index contributed by atoms with van der Waals surface area (Å²) in [6.45, 7) is 6.08. The topological polar surface area (TPSA) is 57.7 Å². The van der Waals surface area contributed by atoms with Crippen LogP contribution in [-0.2, 0) is 13.6 Å². The van der Waals surface area contributed by atoms with Gasteiger partial charge in [-0.05, 0) is 24.8 Å². The van der Waals surface area contributed by atoms with Crippen LogP contribution in [0, 0.1) is 16.7 Å². The highest BCUT2D eigenvalue weighted by molar-refractivity contribution is 5.06. The molecular formula is C12H19N5. The van der Waals surface area contributed by atoms with Crippen molar-refractivity contribution in [1.82, 2.24) is 19.9 Å². The molecule has 0 radical (unpaired) electrons. The van der Waals surface area contributed by atoms with Crippen molar-refractivity contribution >= 4 is 0 Å². The van der Waals surface area contributed by atoms with Gasteiger partial charge in [0.1, 0.15) is 6.04 Å². The molecule has 0 aromatic carbocycles. The molecule has 0 spiro atoms. The first-order valence-electron chi connectivity index (χ1n) is 6.02. The van der Waals surface area contributed by atoms with E-state index in [-0.39, 0.29) is 11.5 Å². The van der Waals surface area contributed by atoms with Crippen LogP contribution in [0.4, 0.5) is 0 Å². The van der Waals surface area contributed by atoms with Crippen molar-refractivity contribution in [3.05, 3.63) is 11.9 Å². The van der Waals surface area contributed by atoms with Crippen molar-refractivity contribution in [2.75, 3.05) is 6.54 Å². The van der Waals surface area contributed by atoms with E-state index in [1.807, 2.05) is 7.05 Å². The van der Waals surface area contributed by atoms with Gasteiger partial charge < -0.3 is 0 Å². The normalized spacial score (nSPS) is 24.5. The minimum Gasteiger partial charge on any atom is -0.282 e. The number of rotatable bonds is 2. The summed E-state index contributed by atoms with van der Waals surface area (Å²) in [6.07, 6.45) is 4.04. The van der Waals surface area contributed by atoms with Gasteiger partial charge in [0.2, 0.25) is 0 Å². The molecule has 5 heteroatoms. The lowest BCUT2D eigenvalue weighted by atomic mass is 9.77. The van der Waals surface area contributed by atoms with Crippen molar-refractivity contribution in [2.24, 2.45) is 12.5 Å². The van der Waals surface area contributed by atoms with Gasteiger partial charge in [-0.2, -0.15) is 5.26 Å². The maximum absolute atomic E-state index is 9.37. The minimum atomic E-state index is -0.0221. The molecule has 1 atom stereocenters. The second kappa shape index (κ2) is 4.46. The Kier molecular flexibility index (Phi) is 3.16. The minimum absolute atomic E-state index is 0.0221. The molecule has 92 valence electrons. The Morgan fingerprint density at radius 3 is 2.94 bits per heavy atom. The van der Waals surface area contributed by atoms with Gasteiger partial charge in [0, 0.05) is 13.6 Å². The Hall–Kier alpha value is -1.41. The lowest BCUT2D eigenvalue weighted by molar-refractivity contribution is 0.0643. The smallest absolute Gasteiger partial charge is 0.103 e. The number of aryl methyl sites for hydroxylation is 1. The maximum Gasteiger partial charge on any atom is 0.103 e. The molecule has 2 rings (SSSR count). The molecule has 1 saturated heterocycles. The first-order chi connectivity index (χ1) is 8.04. The second-order valence-corrected chi connectivity index (χ2v) is 5.44. The van der Waals surface area contributed by atoms with E-state index in [2.05, 4.69) is 35.1 Å². The SMILES string of the molecule is Cn1nncc1CN1CCCC(C)(C)C1C#N. The molecule has 1 fully saturated rings. The zero-order chi connectivity index (χ0) is 12.5. The lowest BCUT2D eigenvalue weighted by Crippen LogP contribution is -2.48. The number of piperidine rings is 1. The van der Waals surface area contributed by atoms with Crippen LogP contribution in [0.5, 0.6) is 0 Å². The molecule has 5 nitrogen and oxygen atoms in total. The average molecular weight is 233 g/mol. The number of aromatic nitrogens is 3. The van der Waals surface area contributed by atoms with E-state index in [0.717, 1.165) is 31.6 Å². The highest BCUT2D eigenvalue weighted by Crippen LogP contribution is 2.35. The first kappa shape index (κ1) is 12.1. The molecule has 0 saturated carbocycles. The van der Waals surface area contributed by atoms with Crippen molar-refractivity contribution in [2.45, 2.75) is 39.3 Å². The summed E-state index contributed by atoms with van der Waals surface area (Å²) >= 11 is 0. The van der Waals surface area contributed by atoms with Gasteiger partial charge >= 0.3 is 0 Å². The summed E-state index contributed by atoms with van der Waals surface area (Å²) in [5, 5.41) is 17.2. The van der Waals surface area contributed by atoms with Crippen LogP contribution in [-0.4, -0.2) is 32.5 Å². The van der Waals surface area contributed by atoms with Gasteiger partial charge in [-0.1, -0.05) is 19.1 Å². The number of hydrogen-bond donors (Lipinski definition) is 0. The Morgan fingerprint density at radius 2 is 2.35 bits per heavy atom. The van der Waals surface area contributed by atoms with Crippen molar-refractivity contribution in [1.29, 1.82) is 5.26 Å². The van der Waals surface area contributed by atoms with Gasteiger partial charge in [-0.3, -0.25) is 9.58 Å². The number of nitrogens with zero attached hydrogens (tertiary/aromatic N) is 5. The third-order valence-electron chi connectivity index (χ3n) is 3.67. The monoisotopic (exact) mass is 233 g/mol. The van der Waals surface area contributed by atoms with Gasteiger partial charge in [0.25, 0.3) is 0 Å². The van der Waals surface area contributed by atoms with E-state index < -0.39 is 0 Å². The summed E-state index contributed by atoms with van der Waals surface area (Å²) in [7, 11) is 1.89. The second-order valence-electron chi connectivity index (χ2n) is 5.44. The third kappa shape index (κ3) is 2.32. The maximum atomic E-state index is 9.37. The van der Waals surface area contributed by atoms with Crippen LogP contribution in [0.1, 0.15) is 32.4 Å². The Morgan fingerprint density at radius 1 is 1.59 bits per heavy atom. The van der Waals surface area contributed by atoms with Gasteiger partial charge in [0.05, 0.1) is 18.0 Å². The quantitative estimate of drug-likeness (QED) is 0.773. The van der Waals surface area contributed by atoms with E-state index in [9.17, 15) is 5.26 Å². The predicted octanol–water partition coefficient (Wildman–Crippen LogP) is 1.33. The van der Waals surface area contributed by atoms with E-state index in [1.54, 1.807) is 10.9 Å². The largest absolute Gasteiger partial charge is 0.282 e. The first-order valence-corrected chi connectivity index (χ1v) is 6.02. The Labute approximate surface area is 102 Å². The summed E-state index contributed by atoms with van der Waals surface area (Å²) in [4.78, 5) is 2.24. The fourth-order valence-corrected chi connectivity index (χ4v) is 2.59. The summed E-state index contributed by atoms with van der Waals surface area (Å²) in [5.74, 6) is 0. The molecule has 1 aromatic heterocycles. The van der Waals surface area contributed by atoms with Crippen LogP contribution in [0.3, 0.4) is 0 Å². The molecular weight excluding hydrogens is 214 g/mol. The van der Waals surface area contributed by atoms with E-state index in [0.29, 0.717) is 0 Å². The molecule has 17 heavy (non-hydrogen) atoms. The van der Waals surface area contributed by atoms with Crippen LogP contribution in [0.2, 0.25) is 0 Å². The Balaban J connectivity index is 2.15. The predicted molar refractivity (Wildman–Crippen MR) is 63.8 cm³/mol. The number of nitriles is 1. The molecule has 0 amide bonds. The molecule has 1 aliphatic rings. The van der Waals surface area contributed by atoms with Crippen molar-refractivity contribution in [3.63, 3.8) is 0 Å². The molecule has 2 heterocycles. The molecule has 0 bridgehead atoms. The highest BCUT2D eigenvalue weighted by Gasteiger charge is 2.37. The van der Waals surface area contributed by atoms with Crippen LogP contribution < -0.4 is 0 Å². The van der Waals surface area contributed by atoms with Crippen LogP contribution in [0.25, 0.3) is 0 Å². The van der Waals surface area contributed by atoms with E-state index in [4.69, 9.17) is 0 Å². The van der Waals surface area contributed by atoms with Crippen molar-refractivity contribution < 1.29 is 0 Å². The lowest BCUT2D eigenvalue weighted by Gasteiger charge is -2.42. The standard InChI is InChI=1S/C12H19N5/c1-12(2)5-4-6-17(11(12)7-13)9-10-8-14-15-16(10)3/h8,11H,4-6,9H2,1-3H3.